The van der Waals surface area contributed by atoms with Crippen molar-refractivity contribution in [1.82, 2.24) is 9.78 Å². The zero-order valence-electron chi connectivity index (χ0n) is 19.5. The zero-order valence-corrected chi connectivity index (χ0v) is 19.5. The van der Waals surface area contributed by atoms with Crippen LogP contribution in [-0.2, 0) is 12.6 Å². The third-order valence-electron chi connectivity index (χ3n) is 5.69. The van der Waals surface area contributed by atoms with E-state index in [4.69, 9.17) is 0 Å². The fourth-order valence-electron chi connectivity index (χ4n) is 3.89. The van der Waals surface area contributed by atoms with Crippen LogP contribution in [0.5, 0.6) is 0 Å². The van der Waals surface area contributed by atoms with Crippen LogP contribution in [0.25, 0.3) is 16.8 Å². The van der Waals surface area contributed by atoms with Crippen molar-refractivity contribution >= 4 is 11.6 Å². The van der Waals surface area contributed by atoms with E-state index in [9.17, 15) is 23.2 Å². The average molecular weight is 489 g/mol. The van der Waals surface area contributed by atoms with Crippen LogP contribution in [0.15, 0.2) is 78.9 Å². The van der Waals surface area contributed by atoms with Crippen molar-refractivity contribution in [3.05, 3.63) is 101 Å². The summed E-state index contributed by atoms with van der Waals surface area (Å²) in [7, 11) is 0. The van der Waals surface area contributed by atoms with Crippen LogP contribution in [-0.4, -0.2) is 15.7 Å². The molecule has 0 aliphatic heterocycles. The van der Waals surface area contributed by atoms with Crippen LogP contribution in [0.4, 0.5) is 18.9 Å². The normalized spacial score (nSPS) is 11.2. The molecule has 4 aromatic rings. The number of hydrogen-bond acceptors (Lipinski definition) is 3. The minimum Gasteiger partial charge on any atom is -0.321 e. The van der Waals surface area contributed by atoms with Crippen LogP contribution in [0.1, 0.15) is 47.1 Å². The maximum absolute atomic E-state index is 13.4. The van der Waals surface area contributed by atoms with Crippen molar-refractivity contribution < 1.29 is 18.0 Å². The molecule has 0 saturated carbocycles. The third kappa shape index (κ3) is 5.47. The molecule has 3 aromatic carbocycles. The van der Waals surface area contributed by atoms with E-state index in [0.717, 1.165) is 24.6 Å². The summed E-state index contributed by atoms with van der Waals surface area (Å²) in [6, 6.07) is 22.2. The number of alkyl halides is 3. The number of carbonyl (C=O) groups excluding carboxylic acids is 1. The number of rotatable bonds is 7. The van der Waals surface area contributed by atoms with E-state index in [1.54, 1.807) is 60.7 Å². The van der Waals surface area contributed by atoms with Crippen molar-refractivity contribution in [3.63, 3.8) is 0 Å². The predicted molar refractivity (Wildman–Crippen MR) is 132 cm³/mol. The number of aromatic nitrogens is 2. The molecule has 0 saturated heterocycles. The number of aryl methyl sites for hydroxylation is 1. The molecule has 0 atom stereocenters. The van der Waals surface area contributed by atoms with Gasteiger partial charge in [-0.15, -0.1) is 0 Å². The lowest BCUT2D eigenvalue weighted by molar-refractivity contribution is -0.137. The molecule has 5 nitrogen and oxygen atoms in total. The van der Waals surface area contributed by atoms with E-state index < -0.39 is 17.6 Å². The van der Waals surface area contributed by atoms with Crippen LogP contribution >= 0.6 is 0 Å². The maximum Gasteiger partial charge on any atom is 0.417 e. The number of amides is 1. The second-order valence-corrected chi connectivity index (χ2v) is 8.27. The highest BCUT2D eigenvalue weighted by Gasteiger charge is 2.33. The van der Waals surface area contributed by atoms with Gasteiger partial charge in [0.2, 0.25) is 0 Å². The molecule has 1 amide bonds. The molecule has 0 fully saturated rings. The summed E-state index contributed by atoms with van der Waals surface area (Å²) in [6.45, 7) is 2.07. The standard InChI is InChI=1S/C28H23F3N4O/c1-2-3-8-22-17-26(35(34-22)23-9-6-7-19(16-23)18-32)27(36)33-21-14-12-20(13-15-21)24-10-4-5-11-25(24)28(29,30)31/h4-7,9-17H,2-3,8H2,1H3,(H,33,36). The first-order chi connectivity index (χ1) is 17.3. The van der Waals surface area contributed by atoms with Gasteiger partial charge in [-0.05, 0) is 66.4 Å². The fourth-order valence-corrected chi connectivity index (χ4v) is 3.89. The molecule has 1 N–H and O–H groups in total. The van der Waals surface area contributed by atoms with Crippen LogP contribution < -0.4 is 5.32 Å². The zero-order chi connectivity index (χ0) is 25.7. The Balaban J connectivity index is 1.62. The molecule has 1 aromatic heterocycles. The van der Waals surface area contributed by atoms with E-state index in [1.165, 1.54) is 16.8 Å². The Labute approximate surface area is 206 Å². The molecule has 4 rings (SSSR count). The van der Waals surface area contributed by atoms with Gasteiger partial charge in [-0.2, -0.15) is 23.5 Å². The highest BCUT2D eigenvalue weighted by atomic mass is 19.4. The molecular weight excluding hydrogens is 465 g/mol. The largest absolute Gasteiger partial charge is 0.417 e. The lowest BCUT2D eigenvalue weighted by Gasteiger charge is -2.13. The Bertz CT molecular complexity index is 1420. The third-order valence-corrected chi connectivity index (χ3v) is 5.69. The van der Waals surface area contributed by atoms with Gasteiger partial charge in [0.25, 0.3) is 5.91 Å². The average Bonchev–Trinajstić information content (AvgIpc) is 3.32. The van der Waals surface area contributed by atoms with Gasteiger partial charge in [-0.25, -0.2) is 4.68 Å². The minimum absolute atomic E-state index is 0.0684. The maximum atomic E-state index is 13.4. The number of anilines is 1. The quantitative estimate of drug-likeness (QED) is 0.304. The van der Waals surface area contributed by atoms with Gasteiger partial charge in [-0.3, -0.25) is 4.79 Å². The summed E-state index contributed by atoms with van der Waals surface area (Å²) in [6.07, 6.45) is -1.88. The highest BCUT2D eigenvalue weighted by molar-refractivity contribution is 6.03. The number of hydrogen-bond donors (Lipinski definition) is 1. The number of unbranched alkanes of at least 4 members (excludes halogenated alkanes) is 1. The molecule has 1 heterocycles. The van der Waals surface area contributed by atoms with Crippen molar-refractivity contribution in [2.24, 2.45) is 0 Å². The van der Waals surface area contributed by atoms with Crippen molar-refractivity contribution in [1.29, 1.82) is 5.26 Å². The Morgan fingerprint density at radius 1 is 1.03 bits per heavy atom. The van der Waals surface area contributed by atoms with Gasteiger partial charge in [0.15, 0.2) is 0 Å². The monoisotopic (exact) mass is 488 g/mol. The van der Waals surface area contributed by atoms with Gasteiger partial charge >= 0.3 is 6.18 Å². The number of nitriles is 1. The first-order valence-electron chi connectivity index (χ1n) is 11.5. The van der Waals surface area contributed by atoms with E-state index in [-0.39, 0.29) is 5.56 Å². The molecule has 0 bridgehead atoms. The molecule has 0 aliphatic carbocycles. The fraction of sp³-hybridized carbons (Fsp3) is 0.179. The van der Waals surface area contributed by atoms with Crippen molar-refractivity contribution in [2.75, 3.05) is 5.32 Å². The van der Waals surface area contributed by atoms with Crippen LogP contribution in [0, 0.1) is 11.3 Å². The molecular formula is C28H23F3N4O. The van der Waals surface area contributed by atoms with Crippen LogP contribution in [0.3, 0.4) is 0 Å². The highest BCUT2D eigenvalue weighted by Crippen LogP contribution is 2.37. The summed E-state index contributed by atoms with van der Waals surface area (Å²) in [5.74, 6) is -0.420. The molecule has 0 radical (unpaired) electrons. The smallest absolute Gasteiger partial charge is 0.321 e. The second kappa shape index (κ2) is 10.5. The Morgan fingerprint density at radius 2 is 1.78 bits per heavy atom. The Kier molecular flexibility index (Phi) is 7.20. The van der Waals surface area contributed by atoms with E-state index in [1.807, 2.05) is 0 Å². The lowest BCUT2D eigenvalue weighted by atomic mass is 9.99. The topological polar surface area (TPSA) is 70.7 Å². The van der Waals surface area contributed by atoms with Gasteiger partial charge in [0.05, 0.1) is 28.6 Å². The number of nitrogens with one attached hydrogen (secondary N) is 1. The molecule has 8 heteroatoms. The SMILES string of the molecule is CCCCc1cc(C(=O)Nc2ccc(-c3ccccc3C(F)(F)F)cc2)n(-c2cccc(C#N)c2)n1. The number of nitrogens with zero attached hydrogens (tertiary/aromatic N) is 3. The van der Waals surface area contributed by atoms with E-state index in [2.05, 4.69) is 23.4 Å². The molecule has 36 heavy (non-hydrogen) atoms. The second-order valence-electron chi connectivity index (χ2n) is 8.27. The van der Waals surface area contributed by atoms with Gasteiger partial charge in [0.1, 0.15) is 5.69 Å². The number of benzene rings is 3. The summed E-state index contributed by atoms with van der Waals surface area (Å²) in [5.41, 5.74) is 2.25. The van der Waals surface area contributed by atoms with Crippen LogP contribution in [0.2, 0.25) is 0 Å². The Hall–Kier alpha value is -4.38. The Morgan fingerprint density at radius 3 is 2.47 bits per heavy atom. The molecule has 0 unspecified atom stereocenters. The minimum atomic E-state index is -4.47. The van der Waals surface area contributed by atoms with Gasteiger partial charge in [0, 0.05) is 5.69 Å². The molecule has 0 aliphatic rings. The first kappa shape index (κ1) is 24.7. The van der Waals surface area contributed by atoms with Crippen molar-refractivity contribution in [2.45, 2.75) is 32.4 Å². The number of carbonyl (C=O) groups is 1. The molecule has 182 valence electrons. The first-order valence-corrected chi connectivity index (χ1v) is 11.5. The summed E-state index contributed by atoms with van der Waals surface area (Å²) >= 11 is 0. The summed E-state index contributed by atoms with van der Waals surface area (Å²) in [4.78, 5) is 13.2. The van der Waals surface area contributed by atoms with Gasteiger partial charge in [-0.1, -0.05) is 49.7 Å². The lowest BCUT2D eigenvalue weighted by Crippen LogP contribution is -2.17. The predicted octanol–water partition coefficient (Wildman–Crippen LogP) is 7.02. The van der Waals surface area contributed by atoms with Gasteiger partial charge < -0.3 is 5.32 Å². The molecule has 0 spiro atoms. The van der Waals surface area contributed by atoms with E-state index >= 15 is 0 Å². The summed E-state index contributed by atoms with van der Waals surface area (Å²) in [5, 5.41) is 16.6. The van der Waals surface area contributed by atoms with E-state index in [0.29, 0.717) is 34.6 Å². The van der Waals surface area contributed by atoms with Crippen molar-refractivity contribution in [3.8, 4) is 22.9 Å². The summed E-state index contributed by atoms with van der Waals surface area (Å²) < 4.78 is 41.7. The number of halogens is 3.